The van der Waals surface area contributed by atoms with E-state index in [9.17, 15) is 4.79 Å². The van der Waals surface area contributed by atoms with Crippen LogP contribution in [0.15, 0.2) is 59.8 Å². The number of carbonyl (C=O) groups is 1. The Morgan fingerprint density at radius 1 is 1.31 bits per heavy atom. The quantitative estimate of drug-likeness (QED) is 0.737. The molecule has 0 aromatic carbocycles. The van der Waals surface area contributed by atoms with E-state index < -0.39 is 0 Å². The van der Waals surface area contributed by atoms with E-state index in [1.165, 1.54) is 11.3 Å². The maximum atomic E-state index is 12.2. The Hall–Kier alpha value is -2.93. The summed E-state index contributed by atoms with van der Waals surface area (Å²) in [6.07, 6.45) is 9.39. The van der Waals surface area contributed by atoms with Gasteiger partial charge in [-0.2, -0.15) is 5.10 Å². The second kappa shape index (κ2) is 7.53. The Kier molecular flexibility index (Phi) is 4.79. The molecule has 0 saturated heterocycles. The Morgan fingerprint density at radius 2 is 2.27 bits per heavy atom. The average Bonchev–Trinajstić information content (AvgIpc) is 3.34. The topological polar surface area (TPSA) is 76.2 Å². The van der Waals surface area contributed by atoms with Crippen molar-refractivity contribution in [3.05, 3.63) is 72.2 Å². The molecule has 1 aliphatic rings. The van der Waals surface area contributed by atoms with Crippen molar-refractivity contribution in [2.75, 3.05) is 13.1 Å². The van der Waals surface area contributed by atoms with E-state index in [0.29, 0.717) is 12.1 Å². The molecule has 1 aliphatic heterocycles. The first-order valence-corrected chi connectivity index (χ1v) is 8.73. The lowest BCUT2D eigenvalue weighted by Gasteiger charge is -2.33. The highest BCUT2D eigenvalue weighted by molar-refractivity contribution is 5.93. The summed E-state index contributed by atoms with van der Waals surface area (Å²) in [6, 6.07) is 7.81. The number of nitrogens with zero attached hydrogens (tertiary/aromatic N) is 4. The van der Waals surface area contributed by atoms with Crippen LogP contribution in [0.2, 0.25) is 0 Å². The van der Waals surface area contributed by atoms with E-state index in [1.807, 2.05) is 12.3 Å². The summed E-state index contributed by atoms with van der Waals surface area (Å²) in [5.74, 6) is -0.0927. The molecule has 7 nitrogen and oxygen atoms in total. The molecule has 0 bridgehead atoms. The fraction of sp³-hybridized carbons (Fsp3) is 0.316. The van der Waals surface area contributed by atoms with Crippen molar-refractivity contribution in [1.29, 1.82) is 0 Å². The van der Waals surface area contributed by atoms with Crippen LogP contribution >= 0.6 is 0 Å². The van der Waals surface area contributed by atoms with Gasteiger partial charge in [-0.15, -0.1) is 0 Å². The number of pyridine rings is 1. The number of rotatable bonds is 6. The van der Waals surface area contributed by atoms with Crippen LogP contribution in [0.5, 0.6) is 0 Å². The molecule has 4 heterocycles. The van der Waals surface area contributed by atoms with E-state index in [4.69, 9.17) is 4.42 Å². The van der Waals surface area contributed by atoms with Crippen LogP contribution in [0.4, 0.5) is 0 Å². The van der Waals surface area contributed by atoms with Crippen molar-refractivity contribution in [1.82, 2.24) is 25.0 Å². The van der Waals surface area contributed by atoms with E-state index in [-0.39, 0.29) is 11.9 Å². The van der Waals surface area contributed by atoms with Crippen LogP contribution in [0.1, 0.15) is 34.1 Å². The van der Waals surface area contributed by atoms with Gasteiger partial charge in [0, 0.05) is 50.3 Å². The third-order valence-corrected chi connectivity index (χ3v) is 4.63. The maximum absolute atomic E-state index is 12.2. The zero-order valence-electron chi connectivity index (χ0n) is 14.4. The van der Waals surface area contributed by atoms with Crippen LogP contribution in [0.3, 0.4) is 0 Å². The third-order valence-electron chi connectivity index (χ3n) is 4.63. The van der Waals surface area contributed by atoms with Gasteiger partial charge in [0.05, 0.1) is 29.8 Å². The molecule has 0 saturated carbocycles. The van der Waals surface area contributed by atoms with Crippen LogP contribution in [0, 0.1) is 0 Å². The summed E-state index contributed by atoms with van der Waals surface area (Å²) in [5, 5.41) is 7.45. The minimum Gasteiger partial charge on any atom is -0.472 e. The minimum absolute atomic E-state index is 0.0927. The summed E-state index contributed by atoms with van der Waals surface area (Å²) in [5.41, 5.74) is 2.95. The normalized spacial score (nSPS) is 17.0. The van der Waals surface area contributed by atoms with Gasteiger partial charge in [-0.3, -0.25) is 19.4 Å². The molecule has 7 heteroatoms. The number of furan rings is 1. The Morgan fingerprint density at radius 3 is 3.08 bits per heavy atom. The number of amides is 1. The van der Waals surface area contributed by atoms with Crippen molar-refractivity contribution in [2.24, 2.45) is 0 Å². The molecule has 3 aromatic rings. The zero-order valence-corrected chi connectivity index (χ0v) is 14.4. The maximum Gasteiger partial charge on any atom is 0.252 e. The predicted octanol–water partition coefficient (Wildman–Crippen LogP) is 2.25. The Bertz CT molecular complexity index is 844. The lowest BCUT2D eigenvalue weighted by atomic mass is 10.1. The van der Waals surface area contributed by atoms with E-state index in [1.54, 1.807) is 37.1 Å². The van der Waals surface area contributed by atoms with E-state index in [0.717, 1.165) is 26.1 Å². The molecule has 1 atom stereocenters. The monoisotopic (exact) mass is 351 g/mol. The van der Waals surface area contributed by atoms with Crippen molar-refractivity contribution < 1.29 is 9.21 Å². The summed E-state index contributed by atoms with van der Waals surface area (Å²) >= 11 is 0. The molecular formula is C19H21N5O2. The SMILES string of the molecule is O=C(NCCC1CN(Cc2ccoc2)Cc2ccnn21)c1cccnc1. The fourth-order valence-electron chi connectivity index (χ4n) is 3.39. The highest BCUT2D eigenvalue weighted by atomic mass is 16.3. The van der Waals surface area contributed by atoms with Crippen molar-refractivity contribution >= 4 is 5.91 Å². The lowest BCUT2D eigenvalue weighted by molar-refractivity contribution is 0.0946. The van der Waals surface area contributed by atoms with Crippen molar-refractivity contribution in [2.45, 2.75) is 25.6 Å². The van der Waals surface area contributed by atoms with E-state index in [2.05, 4.69) is 31.0 Å². The summed E-state index contributed by atoms with van der Waals surface area (Å²) in [7, 11) is 0. The van der Waals surface area contributed by atoms with E-state index >= 15 is 0 Å². The number of carbonyl (C=O) groups excluding carboxylic acids is 1. The predicted molar refractivity (Wildman–Crippen MR) is 95.3 cm³/mol. The summed E-state index contributed by atoms with van der Waals surface area (Å²) in [4.78, 5) is 18.5. The van der Waals surface area contributed by atoms with Crippen LogP contribution in [-0.2, 0) is 13.1 Å². The first-order chi connectivity index (χ1) is 12.8. The Labute approximate surface area is 151 Å². The van der Waals surface area contributed by atoms with Crippen LogP contribution in [-0.4, -0.2) is 38.7 Å². The second-order valence-electron chi connectivity index (χ2n) is 6.51. The molecule has 0 spiro atoms. The molecule has 1 N–H and O–H groups in total. The molecule has 0 aliphatic carbocycles. The van der Waals surface area contributed by atoms with Gasteiger partial charge in [0.15, 0.2) is 0 Å². The van der Waals surface area contributed by atoms with Gasteiger partial charge < -0.3 is 9.73 Å². The highest BCUT2D eigenvalue weighted by Crippen LogP contribution is 2.24. The highest BCUT2D eigenvalue weighted by Gasteiger charge is 2.25. The molecule has 0 radical (unpaired) electrons. The lowest BCUT2D eigenvalue weighted by Crippen LogP contribution is -2.38. The third kappa shape index (κ3) is 3.67. The van der Waals surface area contributed by atoms with Crippen LogP contribution in [0.25, 0.3) is 0 Å². The molecular weight excluding hydrogens is 330 g/mol. The van der Waals surface area contributed by atoms with Gasteiger partial charge in [-0.1, -0.05) is 0 Å². The summed E-state index contributed by atoms with van der Waals surface area (Å²) < 4.78 is 7.26. The van der Waals surface area contributed by atoms with Gasteiger partial charge in [-0.25, -0.2) is 0 Å². The van der Waals surface area contributed by atoms with Gasteiger partial charge in [0.2, 0.25) is 0 Å². The van der Waals surface area contributed by atoms with Crippen molar-refractivity contribution in [3.8, 4) is 0 Å². The van der Waals surface area contributed by atoms with Crippen molar-refractivity contribution in [3.63, 3.8) is 0 Å². The smallest absolute Gasteiger partial charge is 0.252 e. The molecule has 26 heavy (non-hydrogen) atoms. The molecule has 0 fully saturated rings. The van der Waals surface area contributed by atoms with Gasteiger partial charge in [0.1, 0.15) is 0 Å². The zero-order chi connectivity index (χ0) is 17.8. The molecule has 1 amide bonds. The number of nitrogens with one attached hydrogen (secondary N) is 1. The molecule has 1 unspecified atom stereocenters. The molecule has 3 aromatic heterocycles. The molecule has 134 valence electrons. The fourth-order valence-corrected chi connectivity index (χ4v) is 3.39. The van der Waals surface area contributed by atoms with Crippen LogP contribution < -0.4 is 5.32 Å². The first-order valence-electron chi connectivity index (χ1n) is 8.73. The van der Waals surface area contributed by atoms with Gasteiger partial charge in [-0.05, 0) is 30.7 Å². The molecule has 4 rings (SSSR count). The number of hydrogen-bond donors (Lipinski definition) is 1. The van der Waals surface area contributed by atoms with Gasteiger partial charge >= 0.3 is 0 Å². The number of hydrogen-bond acceptors (Lipinski definition) is 5. The number of fused-ring (bicyclic) bond motifs is 1. The Balaban J connectivity index is 1.37. The second-order valence-corrected chi connectivity index (χ2v) is 6.51. The summed E-state index contributed by atoms with van der Waals surface area (Å²) in [6.45, 7) is 3.20. The van der Waals surface area contributed by atoms with Gasteiger partial charge in [0.25, 0.3) is 5.91 Å². The largest absolute Gasteiger partial charge is 0.472 e. The average molecular weight is 351 g/mol. The first kappa shape index (κ1) is 16.5. The number of aromatic nitrogens is 3. The minimum atomic E-state index is -0.0927. The standard InChI is InChI=1S/C19H21N5O2/c25-19(16-2-1-6-20-10-16)21-7-3-17-12-23(11-15-5-9-26-14-15)13-18-4-8-22-24(17)18/h1-2,4-6,8-10,14,17H,3,7,11-13H2,(H,21,25).